The van der Waals surface area contributed by atoms with Gasteiger partial charge in [-0.05, 0) is 25.2 Å². The molecule has 1 heterocycles. The highest BCUT2D eigenvalue weighted by Gasteiger charge is 2.45. The Kier molecular flexibility index (Phi) is 1.46. The Morgan fingerprint density at radius 3 is 2.60 bits per heavy atom. The van der Waals surface area contributed by atoms with Crippen molar-refractivity contribution in [2.24, 2.45) is 11.8 Å². The van der Waals surface area contributed by atoms with E-state index >= 15 is 0 Å². The number of hydrogen-bond acceptors (Lipinski definition) is 2. The van der Waals surface area contributed by atoms with Crippen molar-refractivity contribution in [3.8, 4) is 0 Å². The van der Waals surface area contributed by atoms with Crippen molar-refractivity contribution in [1.29, 1.82) is 0 Å². The van der Waals surface area contributed by atoms with Crippen molar-refractivity contribution < 1.29 is 5.11 Å². The first kappa shape index (κ1) is 6.62. The van der Waals surface area contributed by atoms with E-state index in [2.05, 4.69) is 11.8 Å². The summed E-state index contributed by atoms with van der Waals surface area (Å²) >= 11 is 0. The maximum atomic E-state index is 8.85. The molecule has 2 aliphatic rings. The van der Waals surface area contributed by atoms with Gasteiger partial charge in [0.25, 0.3) is 0 Å². The van der Waals surface area contributed by atoms with Gasteiger partial charge in [0.15, 0.2) is 0 Å². The van der Waals surface area contributed by atoms with E-state index in [0.29, 0.717) is 12.6 Å². The van der Waals surface area contributed by atoms with Crippen LogP contribution in [-0.4, -0.2) is 35.7 Å². The number of nitrogens with zero attached hydrogens (tertiary/aromatic N) is 1. The summed E-state index contributed by atoms with van der Waals surface area (Å²) in [6, 6.07) is 0.396. The molecule has 1 saturated carbocycles. The lowest BCUT2D eigenvalue weighted by Gasteiger charge is -2.23. The largest absolute Gasteiger partial charge is 0.395 e. The summed E-state index contributed by atoms with van der Waals surface area (Å²) in [5, 5.41) is 8.85. The molecule has 0 radical (unpaired) electrons. The minimum Gasteiger partial charge on any atom is -0.395 e. The molecule has 10 heavy (non-hydrogen) atoms. The highest BCUT2D eigenvalue weighted by Crippen LogP contribution is 2.45. The van der Waals surface area contributed by atoms with Gasteiger partial charge in [0, 0.05) is 19.1 Å². The van der Waals surface area contributed by atoms with Crippen LogP contribution in [0.2, 0.25) is 0 Å². The Hall–Kier alpha value is -0.0800. The summed E-state index contributed by atoms with van der Waals surface area (Å²) in [6.45, 7) is 4.91. The van der Waals surface area contributed by atoms with Gasteiger partial charge in [-0.1, -0.05) is 0 Å². The molecule has 2 heteroatoms. The van der Waals surface area contributed by atoms with Crippen LogP contribution in [0.5, 0.6) is 0 Å². The van der Waals surface area contributed by atoms with E-state index in [1.54, 1.807) is 0 Å². The van der Waals surface area contributed by atoms with Crippen LogP contribution in [0.4, 0.5) is 0 Å². The zero-order valence-electron chi connectivity index (χ0n) is 6.45. The van der Waals surface area contributed by atoms with Crippen LogP contribution in [0, 0.1) is 11.8 Å². The van der Waals surface area contributed by atoms with Crippen LogP contribution >= 0.6 is 0 Å². The van der Waals surface area contributed by atoms with E-state index in [1.807, 2.05) is 0 Å². The molecular formula is C8H15NO. The Bertz CT molecular complexity index is 127. The molecular weight excluding hydrogens is 126 g/mol. The Morgan fingerprint density at radius 2 is 2.10 bits per heavy atom. The molecule has 0 aromatic carbocycles. The van der Waals surface area contributed by atoms with Crippen LogP contribution in [0.25, 0.3) is 0 Å². The van der Waals surface area contributed by atoms with Gasteiger partial charge >= 0.3 is 0 Å². The SMILES string of the molecule is C[C@@H](CO)N1CC2CC2C1. The van der Waals surface area contributed by atoms with Gasteiger partial charge in [-0.3, -0.25) is 4.90 Å². The van der Waals surface area contributed by atoms with Gasteiger partial charge in [-0.25, -0.2) is 0 Å². The van der Waals surface area contributed by atoms with E-state index < -0.39 is 0 Å². The van der Waals surface area contributed by atoms with E-state index in [0.717, 1.165) is 11.8 Å². The molecule has 58 valence electrons. The van der Waals surface area contributed by atoms with E-state index in [4.69, 9.17) is 5.11 Å². The predicted molar refractivity (Wildman–Crippen MR) is 39.7 cm³/mol. The molecule has 2 fully saturated rings. The number of hydrogen-bond donors (Lipinski definition) is 1. The summed E-state index contributed by atoms with van der Waals surface area (Å²) in [7, 11) is 0. The molecule has 0 bridgehead atoms. The minimum atomic E-state index is 0.319. The topological polar surface area (TPSA) is 23.5 Å². The third-order valence-corrected chi connectivity index (χ3v) is 2.89. The predicted octanol–water partition coefficient (Wildman–Crippen LogP) is 0.319. The second-order valence-corrected chi connectivity index (χ2v) is 3.74. The average molecular weight is 141 g/mol. The normalized spacial score (nSPS) is 41.4. The minimum absolute atomic E-state index is 0.319. The van der Waals surface area contributed by atoms with Crippen molar-refractivity contribution in [2.45, 2.75) is 19.4 Å². The zero-order chi connectivity index (χ0) is 7.14. The highest BCUT2D eigenvalue weighted by molar-refractivity contribution is 4.97. The van der Waals surface area contributed by atoms with Crippen LogP contribution in [0.3, 0.4) is 0 Å². The summed E-state index contributed by atoms with van der Waals surface area (Å²) < 4.78 is 0. The van der Waals surface area contributed by atoms with Crippen molar-refractivity contribution >= 4 is 0 Å². The molecule has 0 aromatic heterocycles. The summed E-state index contributed by atoms with van der Waals surface area (Å²) in [5.41, 5.74) is 0. The monoisotopic (exact) mass is 141 g/mol. The summed E-state index contributed by atoms with van der Waals surface area (Å²) in [6.07, 6.45) is 1.45. The Labute approximate surface area is 61.8 Å². The fourth-order valence-electron chi connectivity index (χ4n) is 1.91. The molecule has 1 aliphatic heterocycles. The lowest BCUT2D eigenvalue weighted by molar-refractivity contribution is 0.147. The number of rotatable bonds is 2. The van der Waals surface area contributed by atoms with Gasteiger partial charge in [0.1, 0.15) is 0 Å². The van der Waals surface area contributed by atoms with Gasteiger partial charge in [0.05, 0.1) is 6.61 Å². The first-order valence-electron chi connectivity index (χ1n) is 4.16. The molecule has 2 rings (SSSR count). The second-order valence-electron chi connectivity index (χ2n) is 3.74. The first-order valence-corrected chi connectivity index (χ1v) is 4.16. The van der Waals surface area contributed by atoms with Crippen LogP contribution in [0.1, 0.15) is 13.3 Å². The number of fused-ring (bicyclic) bond motifs is 1. The lowest BCUT2D eigenvalue weighted by atomic mass is 10.3. The summed E-state index contributed by atoms with van der Waals surface area (Å²) in [4.78, 5) is 2.40. The van der Waals surface area contributed by atoms with Crippen molar-refractivity contribution in [1.82, 2.24) is 4.90 Å². The van der Waals surface area contributed by atoms with Gasteiger partial charge < -0.3 is 5.11 Å². The second kappa shape index (κ2) is 2.21. The molecule has 1 N–H and O–H groups in total. The fraction of sp³-hybridized carbons (Fsp3) is 1.00. The van der Waals surface area contributed by atoms with Gasteiger partial charge in [-0.15, -0.1) is 0 Å². The van der Waals surface area contributed by atoms with Crippen molar-refractivity contribution in [2.75, 3.05) is 19.7 Å². The number of piperidine rings is 1. The van der Waals surface area contributed by atoms with Crippen LogP contribution in [-0.2, 0) is 0 Å². The quantitative estimate of drug-likeness (QED) is 0.598. The Morgan fingerprint density at radius 1 is 1.50 bits per heavy atom. The zero-order valence-corrected chi connectivity index (χ0v) is 6.45. The maximum absolute atomic E-state index is 8.85. The standard InChI is InChI=1S/C8H15NO/c1-6(5-10)9-3-7-2-8(7)4-9/h6-8,10H,2-5H2,1H3/t6-,7?,8?/m0/s1. The molecule has 1 aliphatic carbocycles. The van der Waals surface area contributed by atoms with Gasteiger partial charge in [0.2, 0.25) is 0 Å². The third-order valence-electron chi connectivity index (χ3n) is 2.89. The Balaban J connectivity index is 1.84. The van der Waals surface area contributed by atoms with Gasteiger partial charge in [-0.2, -0.15) is 0 Å². The smallest absolute Gasteiger partial charge is 0.0584 e. The molecule has 3 atom stereocenters. The third kappa shape index (κ3) is 0.956. The molecule has 0 amide bonds. The van der Waals surface area contributed by atoms with Crippen LogP contribution < -0.4 is 0 Å². The maximum Gasteiger partial charge on any atom is 0.0584 e. The number of likely N-dealkylation sites (tertiary alicyclic amines) is 1. The summed E-state index contributed by atoms with van der Waals surface area (Å²) in [5.74, 6) is 1.99. The highest BCUT2D eigenvalue weighted by atomic mass is 16.3. The van der Waals surface area contributed by atoms with E-state index in [-0.39, 0.29) is 0 Å². The van der Waals surface area contributed by atoms with Crippen molar-refractivity contribution in [3.63, 3.8) is 0 Å². The number of aliphatic hydroxyl groups is 1. The average Bonchev–Trinajstić information content (AvgIpc) is 2.57. The molecule has 0 aromatic rings. The van der Waals surface area contributed by atoms with E-state index in [9.17, 15) is 0 Å². The van der Waals surface area contributed by atoms with Crippen molar-refractivity contribution in [3.05, 3.63) is 0 Å². The van der Waals surface area contributed by atoms with E-state index in [1.165, 1.54) is 19.5 Å². The number of aliphatic hydroxyl groups excluding tert-OH is 1. The van der Waals surface area contributed by atoms with Crippen LogP contribution in [0.15, 0.2) is 0 Å². The first-order chi connectivity index (χ1) is 4.81. The molecule has 0 spiro atoms. The molecule has 2 nitrogen and oxygen atoms in total. The lowest BCUT2D eigenvalue weighted by Crippen LogP contribution is -2.34. The molecule has 1 saturated heterocycles. The molecule has 2 unspecified atom stereocenters. The fourth-order valence-corrected chi connectivity index (χ4v) is 1.91.